The summed E-state index contributed by atoms with van der Waals surface area (Å²) in [6, 6.07) is 36.9. The van der Waals surface area contributed by atoms with Crippen LogP contribution in [0.5, 0.6) is 0 Å². The molecule has 2 radical (unpaired) electrons. The van der Waals surface area contributed by atoms with Crippen LogP contribution in [-0.4, -0.2) is 9.52 Å². The van der Waals surface area contributed by atoms with Gasteiger partial charge < -0.3 is 21.8 Å². The molecule has 5 aromatic rings. The minimum Gasteiger partial charge on any atom is -0.358 e. The molecule has 0 N–H and O–H groups in total. The average molecular weight is 785 g/mol. The van der Waals surface area contributed by atoms with Gasteiger partial charge in [-0.1, -0.05) is 138 Å². The van der Waals surface area contributed by atoms with Crippen molar-refractivity contribution in [2.45, 2.75) is 77.6 Å². The first-order chi connectivity index (χ1) is 20.5. The second-order valence-electron chi connectivity index (χ2n) is 14.3. The molecule has 0 bridgehead atoms. The number of benzene rings is 4. The van der Waals surface area contributed by atoms with E-state index < -0.39 is 0 Å². The predicted molar refractivity (Wildman–Crippen MR) is 202 cm³/mol. The summed E-state index contributed by atoms with van der Waals surface area (Å²) in [5.41, 5.74) is 11.2. The van der Waals surface area contributed by atoms with E-state index in [1.807, 2.05) is 0 Å². The van der Waals surface area contributed by atoms with Crippen molar-refractivity contribution in [1.29, 1.82) is 0 Å². The number of hydrogen-bond acceptors (Lipinski definition) is 0. The summed E-state index contributed by atoms with van der Waals surface area (Å²) in [6.07, 6.45) is 5.82. The van der Waals surface area contributed by atoms with Crippen molar-refractivity contribution >= 4 is 31.6 Å². The van der Waals surface area contributed by atoms with Crippen molar-refractivity contribution in [3.63, 3.8) is 0 Å². The minimum atomic E-state index is 0. The Labute approximate surface area is 301 Å². The van der Waals surface area contributed by atoms with Crippen molar-refractivity contribution in [2.75, 3.05) is 0 Å². The van der Waals surface area contributed by atoms with E-state index in [4.69, 9.17) is 0 Å². The predicted octanol–water partition coefficient (Wildman–Crippen LogP) is 11.9. The van der Waals surface area contributed by atoms with Crippen LogP contribution in [0.15, 0.2) is 102 Å². The standard InChI is InChI=1S/C42H44Si.2CH3.Hf/c1-8-9-19-37-36-22-13-21-35(29-15-11-18-32(24-29)42(5,6)7)39(36)27-40(37)43-33-25-30-16-12-20-34(38(30)26-33)28-14-10-17-31(23-28)41(2,3)4;;;/h10-18,20-27,37H,1,8-9,19H2,2-7H3;2*1H3;/q-2;2*-1;+4. The maximum Gasteiger partial charge on any atom is 4.00 e. The van der Waals surface area contributed by atoms with E-state index in [-0.39, 0.29) is 51.5 Å². The fourth-order valence-corrected chi connectivity index (χ4v) is 8.01. The third-order valence-electron chi connectivity index (χ3n) is 9.05. The zero-order chi connectivity index (χ0) is 30.4. The van der Waals surface area contributed by atoms with Crippen molar-refractivity contribution in [1.82, 2.24) is 0 Å². The van der Waals surface area contributed by atoms with E-state index in [1.165, 1.54) is 60.5 Å². The van der Waals surface area contributed by atoms with E-state index in [9.17, 15) is 0 Å². The van der Waals surface area contributed by atoms with Crippen LogP contribution in [0.1, 0.15) is 89.0 Å². The molecule has 1 aliphatic carbocycles. The summed E-state index contributed by atoms with van der Waals surface area (Å²) in [7, 11) is 0.655. The fourth-order valence-electron chi connectivity index (χ4n) is 6.54. The Bertz CT molecular complexity index is 1800. The average Bonchev–Trinajstić information content (AvgIpc) is 3.55. The van der Waals surface area contributed by atoms with E-state index in [0.717, 1.165) is 19.3 Å². The Hall–Kier alpha value is -2.68. The topological polar surface area (TPSA) is 0 Å². The Morgan fingerprint density at radius 3 is 1.89 bits per heavy atom. The van der Waals surface area contributed by atoms with Gasteiger partial charge in [-0.15, -0.1) is 34.2 Å². The fraction of sp³-hybridized carbons (Fsp3) is 0.273. The molecular weight excluding hydrogens is 735 g/mol. The van der Waals surface area contributed by atoms with Crippen LogP contribution < -0.4 is 5.19 Å². The molecule has 0 spiro atoms. The molecule has 6 rings (SSSR count). The molecule has 0 saturated carbocycles. The van der Waals surface area contributed by atoms with Gasteiger partial charge >= 0.3 is 25.8 Å². The normalized spacial score (nSPS) is 14.2. The van der Waals surface area contributed by atoms with Crippen LogP contribution in [0.3, 0.4) is 0 Å². The van der Waals surface area contributed by atoms with Gasteiger partial charge in [0.2, 0.25) is 0 Å². The minimum absolute atomic E-state index is 0. The smallest absolute Gasteiger partial charge is 0.358 e. The number of allylic oxidation sites excluding steroid dienone is 1. The summed E-state index contributed by atoms with van der Waals surface area (Å²) < 4.78 is 0. The van der Waals surface area contributed by atoms with Crippen molar-refractivity contribution < 1.29 is 25.8 Å². The van der Waals surface area contributed by atoms with Crippen LogP contribution in [0, 0.1) is 21.8 Å². The molecule has 0 nitrogen and oxygen atoms in total. The van der Waals surface area contributed by atoms with Gasteiger partial charge in [0.15, 0.2) is 0 Å². The van der Waals surface area contributed by atoms with Crippen LogP contribution in [0.4, 0.5) is 0 Å². The maximum absolute atomic E-state index is 4.18. The van der Waals surface area contributed by atoms with E-state index in [2.05, 4.69) is 152 Å². The summed E-state index contributed by atoms with van der Waals surface area (Å²) in [6.45, 7) is 17.9. The second kappa shape index (κ2) is 15.0. The van der Waals surface area contributed by atoms with Crippen molar-refractivity contribution in [2.24, 2.45) is 0 Å². The Morgan fingerprint density at radius 2 is 1.28 bits per heavy atom. The van der Waals surface area contributed by atoms with Crippen molar-refractivity contribution in [3.8, 4) is 22.3 Å². The third kappa shape index (κ3) is 7.71. The van der Waals surface area contributed by atoms with Crippen LogP contribution in [0.2, 0.25) is 0 Å². The Kier molecular flexibility index (Phi) is 12.3. The van der Waals surface area contributed by atoms with Gasteiger partial charge in [-0.25, -0.2) is 0 Å². The zero-order valence-electron chi connectivity index (χ0n) is 29.2. The first-order valence-electron chi connectivity index (χ1n) is 15.8. The molecule has 2 heteroatoms. The monoisotopic (exact) mass is 786 g/mol. The van der Waals surface area contributed by atoms with Gasteiger partial charge in [-0.2, -0.15) is 12.5 Å². The SMILES string of the molecule is [CH2-]CCCC1C([Si]c2cc3c(-c4cccc(C(C)(C)C)c4)cccc3[cH-]2)=Cc2c(-c3cccc(C(C)(C)C)c3)cccc21.[CH3-].[CH3-].[Hf+4]. The summed E-state index contributed by atoms with van der Waals surface area (Å²) >= 11 is 0. The van der Waals surface area contributed by atoms with Gasteiger partial charge in [0.25, 0.3) is 0 Å². The molecule has 0 aliphatic heterocycles. The maximum atomic E-state index is 4.18. The Balaban J connectivity index is 0.00000192. The van der Waals surface area contributed by atoms with Gasteiger partial charge in [-0.3, -0.25) is 0 Å². The van der Waals surface area contributed by atoms with Gasteiger partial charge in [0.1, 0.15) is 0 Å². The first kappa shape index (κ1) is 37.8. The number of rotatable bonds is 7. The number of unbranched alkanes of at least 4 members (excludes halogenated alkanes) is 1. The molecule has 46 heavy (non-hydrogen) atoms. The quantitative estimate of drug-likeness (QED) is 0.114. The van der Waals surface area contributed by atoms with Gasteiger partial charge in [-0.05, 0) is 56.2 Å². The molecule has 1 aliphatic rings. The van der Waals surface area contributed by atoms with Crippen molar-refractivity contribution in [3.05, 3.63) is 146 Å². The molecule has 0 heterocycles. The molecule has 234 valence electrons. The van der Waals surface area contributed by atoms with E-state index in [1.54, 1.807) is 5.20 Å². The van der Waals surface area contributed by atoms with Crippen LogP contribution >= 0.6 is 0 Å². The number of hydrogen-bond donors (Lipinski definition) is 0. The van der Waals surface area contributed by atoms with Crippen LogP contribution in [0.25, 0.3) is 39.1 Å². The molecule has 1 unspecified atom stereocenters. The van der Waals surface area contributed by atoms with E-state index in [0.29, 0.717) is 15.4 Å². The summed E-state index contributed by atoms with van der Waals surface area (Å²) in [5, 5.41) is 5.70. The summed E-state index contributed by atoms with van der Waals surface area (Å²) in [5.74, 6) is 0.460. The molecule has 0 fully saturated rings. The van der Waals surface area contributed by atoms with E-state index >= 15 is 0 Å². The molecule has 5 aromatic carbocycles. The molecule has 1 atom stereocenters. The first-order valence-corrected chi connectivity index (χ1v) is 16.8. The molecule has 0 amide bonds. The molecule has 0 aromatic heterocycles. The number of fused-ring (bicyclic) bond motifs is 2. The largest absolute Gasteiger partial charge is 4.00 e. The van der Waals surface area contributed by atoms with Gasteiger partial charge in [0, 0.05) is 5.92 Å². The van der Waals surface area contributed by atoms with Gasteiger partial charge in [0.05, 0.1) is 9.52 Å². The van der Waals surface area contributed by atoms with Crippen LogP contribution in [-0.2, 0) is 36.7 Å². The molecule has 0 saturated heterocycles. The summed E-state index contributed by atoms with van der Waals surface area (Å²) in [4.78, 5) is 0. The third-order valence-corrected chi connectivity index (χ3v) is 10.4. The zero-order valence-corrected chi connectivity index (χ0v) is 33.8. The second-order valence-corrected chi connectivity index (χ2v) is 15.7. The molecular formula is C44H50HfSi. The Morgan fingerprint density at radius 1 is 0.717 bits per heavy atom.